The smallest absolute Gasteiger partial charge is 0.255 e. The number of hydrogen-bond acceptors (Lipinski definition) is 7. The number of nitriles is 1. The van der Waals surface area contributed by atoms with Gasteiger partial charge in [0, 0.05) is 22.5 Å². The van der Waals surface area contributed by atoms with Crippen molar-refractivity contribution in [3.05, 3.63) is 94.3 Å². The zero-order valence-electron chi connectivity index (χ0n) is 19.0. The molecule has 0 aliphatic rings. The number of anilines is 2. The predicted molar refractivity (Wildman–Crippen MR) is 133 cm³/mol. The van der Waals surface area contributed by atoms with Crippen LogP contribution in [0.4, 0.5) is 11.4 Å². The van der Waals surface area contributed by atoms with Crippen LogP contribution in [0.5, 0.6) is 0 Å². The van der Waals surface area contributed by atoms with Crippen LogP contribution < -0.4 is 10.6 Å². The fraction of sp³-hybridized carbons (Fsp3) is 0.154. The molecule has 4 rings (SSSR count). The van der Waals surface area contributed by atoms with Gasteiger partial charge in [0.05, 0.1) is 16.7 Å². The van der Waals surface area contributed by atoms with Gasteiger partial charge in [-0.25, -0.2) is 0 Å². The van der Waals surface area contributed by atoms with Crippen LogP contribution in [-0.4, -0.2) is 27.3 Å². The predicted octanol–water partition coefficient (Wildman–Crippen LogP) is 5.36. The molecule has 1 amide bonds. The summed E-state index contributed by atoms with van der Waals surface area (Å²) >= 11 is 6.27. The SMILES string of the molecule is Cc1c(N[C@@H](c2nnc(-c3ccc(NC(=O)c4ccccc4)cc3)o2)[C@H](C)O)ccc(C#N)c1Cl. The van der Waals surface area contributed by atoms with E-state index in [0.717, 1.165) is 0 Å². The Bertz CT molecular complexity index is 1380. The number of halogens is 1. The molecule has 2 atom stereocenters. The van der Waals surface area contributed by atoms with Gasteiger partial charge >= 0.3 is 0 Å². The largest absolute Gasteiger partial charge is 0.418 e. The monoisotopic (exact) mass is 487 g/mol. The molecular weight excluding hydrogens is 466 g/mol. The van der Waals surface area contributed by atoms with Crippen molar-refractivity contribution in [1.29, 1.82) is 5.26 Å². The molecule has 8 nitrogen and oxygen atoms in total. The Balaban J connectivity index is 1.51. The van der Waals surface area contributed by atoms with Crippen molar-refractivity contribution in [1.82, 2.24) is 10.2 Å². The average molecular weight is 488 g/mol. The molecule has 3 aromatic carbocycles. The lowest BCUT2D eigenvalue weighted by molar-refractivity contribution is 0.102. The van der Waals surface area contributed by atoms with Crippen LogP contribution >= 0.6 is 11.6 Å². The Labute approximate surface area is 207 Å². The Hall–Kier alpha value is -4.19. The highest BCUT2D eigenvalue weighted by Gasteiger charge is 2.25. The maximum Gasteiger partial charge on any atom is 0.255 e. The number of benzene rings is 3. The van der Waals surface area contributed by atoms with E-state index in [1.54, 1.807) is 74.5 Å². The third-order valence-corrected chi connectivity index (χ3v) is 5.92. The lowest BCUT2D eigenvalue weighted by Gasteiger charge is -2.21. The zero-order chi connectivity index (χ0) is 24.9. The standard InChI is InChI=1S/C26H22ClN5O3/c1-15-21(13-10-19(14-28)22(15)27)30-23(16(2)33)26-32-31-25(35-26)18-8-11-20(12-9-18)29-24(34)17-6-4-3-5-7-17/h3-13,16,23,30,33H,1-2H3,(H,29,34)/t16-,23+/m0/s1. The van der Waals surface area contributed by atoms with E-state index in [0.29, 0.717) is 38.7 Å². The zero-order valence-corrected chi connectivity index (χ0v) is 19.7. The number of amides is 1. The summed E-state index contributed by atoms with van der Waals surface area (Å²) in [5.74, 6) is 0.252. The molecule has 1 aromatic heterocycles. The molecule has 3 N–H and O–H groups in total. The van der Waals surface area contributed by atoms with Gasteiger partial charge in [0.25, 0.3) is 5.91 Å². The highest BCUT2D eigenvalue weighted by atomic mass is 35.5. The van der Waals surface area contributed by atoms with Crippen molar-refractivity contribution in [2.45, 2.75) is 26.0 Å². The van der Waals surface area contributed by atoms with Gasteiger partial charge in [-0.15, -0.1) is 10.2 Å². The molecule has 9 heteroatoms. The average Bonchev–Trinajstić information content (AvgIpc) is 3.35. The Morgan fingerprint density at radius 1 is 1.09 bits per heavy atom. The summed E-state index contributed by atoms with van der Waals surface area (Å²) in [7, 11) is 0. The van der Waals surface area contributed by atoms with Crippen molar-refractivity contribution in [2.75, 3.05) is 10.6 Å². The molecule has 0 saturated heterocycles. The lowest BCUT2D eigenvalue weighted by Crippen LogP contribution is -2.23. The maximum atomic E-state index is 12.3. The molecular formula is C26H22ClN5O3. The molecule has 35 heavy (non-hydrogen) atoms. The number of aliphatic hydroxyl groups is 1. The van der Waals surface area contributed by atoms with Crippen LogP contribution in [0.3, 0.4) is 0 Å². The van der Waals surface area contributed by atoms with Gasteiger partial charge in [0.2, 0.25) is 11.8 Å². The summed E-state index contributed by atoms with van der Waals surface area (Å²) < 4.78 is 5.85. The van der Waals surface area contributed by atoms with Crippen molar-refractivity contribution in [3.8, 4) is 17.5 Å². The van der Waals surface area contributed by atoms with Crippen molar-refractivity contribution in [2.24, 2.45) is 0 Å². The van der Waals surface area contributed by atoms with Crippen molar-refractivity contribution in [3.63, 3.8) is 0 Å². The van der Waals surface area contributed by atoms with E-state index in [4.69, 9.17) is 21.3 Å². The quantitative estimate of drug-likeness (QED) is 0.320. The molecule has 0 bridgehead atoms. The molecule has 0 fully saturated rings. The first-order valence-corrected chi connectivity index (χ1v) is 11.2. The van der Waals surface area contributed by atoms with E-state index in [9.17, 15) is 9.90 Å². The molecule has 0 saturated carbocycles. The Morgan fingerprint density at radius 2 is 1.80 bits per heavy atom. The second-order valence-corrected chi connectivity index (χ2v) is 8.29. The Kier molecular flexibility index (Phi) is 7.11. The Morgan fingerprint density at radius 3 is 2.46 bits per heavy atom. The first-order chi connectivity index (χ1) is 16.9. The number of hydrogen-bond donors (Lipinski definition) is 3. The third kappa shape index (κ3) is 5.32. The first kappa shape index (κ1) is 24.0. The molecule has 0 aliphatic heterocycles. The van der Waals surface area contributed by atoms with E-state index in [-0.39, 0.29) is 17.7 Å². The number of carbonyl (C=O) groups excluding carboxylic acids is 1. The summed E-state index contributed by atoms with van der Waals surface area (Å²) in [5, 5.41) is 34.1. The fourth-order valence-electron chi connectivity index (χ4n) is 3.45. The summed E-state index contributed by atoms with van der Waals surface area (Å²) in [6.45, 7) is 3.38. The second kappa shape index (κ2) is 10.4. The molecule has 0 spiro atoms. The number of rotatable bonds is 7. The summed E-state index contributed by atoms with van der Waals surface area (Å²) in [6.07, 6.45) is -0.868. The second-order valence-electron chi connectivity index (χ2n) is 7.92. The molecule has 0 radical (unpaired) electrons. The first-order valence-electron chi connectivity index (χ1n) is 10.8. The molecule has 1 heterocycles. The molecule has 0 unspecified atom stereocenters. The van der Waals surface area contributed by atoms with Crippen LogP contribution in [-0.2, 0) is 0 Å². The van der Waals surface area contributed by atoms with Gasteiger partial charge < -0.3 is 20.2 Å². The lowest BCUT2D eigenvalue weighted by atomic mass is 10.1. The molecule has 176 valence electrons. The number of nitrogens with zero attached hydrogens (tertiary/aromatic N) is 3. The third-order valence-electron chi connectivity index (χ3n) is 5.43. The van der Waals surface area contributed by atoms with E-state index >= 15 is 0 Å². The topological polar surface area (TPSA) is 124 Å². The fourth-order valence-corrected chi connectivity index (χ4v) is 3.66. The van der Waals surface area contributed by atoms with Crippen LogP contribution in [0.15, 0.2) is 71.1 Å². The summed E-state index contributed by atoms with van der Waals surface area (Å²) in [6, 6.07) is 20.6. The van der Waals surface area contributed by atoms with E-state index in [2.05, 4.69) is 20.8 Å². The van der Waals surface area contributed by atoms with Gasteiger partial charge in [-0.3, -0.25) is 4.79 Å². The van der Waals surface area contributed by atoms with Gasteiger partial charge in [0.15, 0.2) is 0 Å². The van der Waals surface area contributed by atoms with E-state index < -0.39 is 12.1 Å². The summed E-state index contributed by atoms with van der Waals surface area (Å²) in [5.41, 5.74) is 3.52. The van der Waals surface area contributed by atoms with E-state index in [1.165, 1.54) is 0 Å². The van der Waals surface area contributed by atoms with Crippen LogP contribution in [0.2, 0.25) is 5.02 Å². The minimum Gasteiger partial charge on any atom is -0.418 e. The maximum absolute atomic E-state index is 12.3. The number of nitrogens with one attached hydrogen (secondary N) is 2. The van der Waals surface area contributed by atoms with Gasteiger partial charge in [-0.1, -0.05) is 29.8 Å². The number of carbonyl (C=O) groups is 1. The highest BCUT2D eigenvalue weighted by Crippen LogP contribution is 2.31. The van der Waals surface area contributed by atoms with E-state index in [1.807, 2.05) is 12.1 Å². The van der Waals surface area contributed by atoms with Crippen molar-refractivity contribution < 1.29 is 14.3 Å². The van der Waals surface area contributed by atoms with Crippen LogP contribution in [0, 0.1) is 18.3 Å². The normalized spacial score (nSPS) is 12.4. The number of aromatic nitrogens is 2. The molecule has 4 aromatic rings. The van der Waals surface area contributed by atoms with Gasteiger partial charge in [-0.05, 0) is 67.9 Å². The van der Waals surface area contributed by atoms with Crippen molar-refractivity contribution >= 4 is 28.9 Å². The summed E-state index contributed by atoms with van der Waals surface area (Å²) in [4.78, 5) is 12.3. The van der Waals surface area contributed by atoms with Gasteiger partial charge in [0.1, 0.15) is 12.1 Å². The number of aliphatic hydroxyl groups excluding tert-OH is 1. The van der Waals surface area contributed by atoms with Gasteiger partial charge in [-0.2, -0.15) is 5.26 Å². The highest BCUT2D eigenvalue weighted by molar-refractivity contribution is 6.32. The minimum atomic E-state index is -0.868. The van der Waals surface area contributed by atoms with Crippen LogP contribution in [0.1, 0.15) is 40.3 Å². The molecule has 0 aliphatic carbocycles. The minimum absolute atomic E-state index is 0.191. The van der Waals surface area contributed by atoms with Crippen LogP contribution in [0.25, 0.3) is 11.5 Å².